The Morgan fingerprint density at radius 1 is 1.25 bits per heavy atom. The highest BCUT2D eigenvalue weighted by Gasteiger charge is 2.22. The van der Waals surface area contributed by atoms with Crippen molar-refractivity contribution in [1.29, 1.82) is 0 Å². The van der Waals surface area contributed by atoms with E-state index >= 15 is 0 Å². The van der Waals surface area contributed by atoms with Gasteiger partial charge in [-0.15, -0.1) is 0 Å². The first-order valence-electron chi connectivity index (χ1n) is 6.61. The summed E-state index contributed by atoms with van der Waals surface area (Å²) in [6, 6.07) is 3.73. The number of carboxylic acid groups (broad SMARTS) is 1. The molecule has 5 heteroatoms. The number of carbonyl (C=O) groups is 1. The van der Waals surface area contributed by atoms with Crippen LogP contribution in [0.5, 0.6) is 11.5 Å². The third-order valence-corrected chi connectivity index (χ3v) is 3.51. The molecule has 2 unspecified atom stereocenters. The van der Waals surface area contributed by atoms with Gasteiger partial charge in [0.05, 0.1) is 14.2 Å². The minimum Gasteiger partial charge on any atom is -0.493 e. The molecule has 1 rings (SSSR count). The monoisotopic (exact) mass is 281 g/mol. The second-order valence-corrected chi connectivity index (χ2v) is 4.90. The zero-order valence-electron chi connectivity index (χ0n) is 12.7. The molecule has 0 aromatic heterocycles. The van der Waals surface area contributed by atoms with Crippen molar-refractivity contribution < 1.29 is 19.4 Å². The van der Waals surface area contributed by atoms with Crippen LogP contribution in [0.4, 0.5) is 0 Å². The molecule has 1 aromatic rings. The van der Waals surface area contributed by atoms with Crippen molar-refractivity contribution in [1.82, 2.24) is 5.32 Å². The molecule has 2 N–H and O–H groups in total. The summed E-state index contributed by atoms with van der Waals surface area (Å²) < 4.78 is 10.6. The van der Waals surface area contributed by atoms with Gasteiger partial charge in [-0.1, -0.05) is 13.0 Å². The maximum atomic E-state index is 11.2. The maximum absolute atomic E-state index is 11.2. The van der Waals surface area contributed by atoms with Crippen molar-refractivity contribution in [3.8, 4) is 11.5 Å². The summed E-state index contributed by atoms with van der Waals surface area (Å²) in [5, 5.41) is 12.4. The second-order valence-electron chi connectivity index (χ2n) is 4.90. The van der Waals surface area contributed by atoms with E-state index in [1.807, 2.05) is 7.05 Å². The SMILES string of the molecule is CNC(C)CC(C)c1ccc(C(=O)O)c(OC)c1OC. The number of hydrogen-bond acceptors (Lipinski definition) is 4. The van der Waals surface area contributed by atoms with Crippen molar-refractivity contribution in [2.45, 2.75) is 32.2 Å². The molecule has 112 valence electrons. The van der Waals surface area contributed by atoms with E-state index in [-0.39, 0.29) is 17.2 Å². The summed E-state index contributed by atoms with van der Waals surface area (Å²) in [7, 11) is 4.90. The Kier molecular flexibility index (Phi) is 5.82. The van der Waals surface area contributed by atoms with Crippen LogP contribution in [-0.2, 0) is 0 Å². The van der Waals surface area contributed by atoms with E-state index < -0.39 is 5.97 Å². The van der Waals surface area contributed by atoms with Crippen LogP contribution < -0.4 is 14.8 Å². The zero-order chi connectivity index (χ0) is 15.3. The minimum absolute atomic E-state index is 0.113. The van der Waals surface area contributed by atoms with Gasteiger partial charge in [0.15, 0.2) is 11.5 Å². The quantitative estimate of drug-likeness (QED) is 0.803. The molecule has 0 bridgehead atoms. The first kappa shape index (κ1) is 16.3. The van der Waals surface area contributed by atoms with E-state index in [4.69, 9.17) is 9.47 Å². The van der Waals surface area contributed by atoms with Gasteiger partial charge in [-0.2, -0.15) is 0 Å². The first-order chi connectivity index (χ1) is 9.46. The standard InChI is InChI=1S/C15H23NO4/c1-9(8-10(2)16-3)11-6-7-12(15(17)18)14(20-5)13(11)19-4/h6-7,9-10,16H,8H2,1-5H3,(H,17,18). The van der Waals surface area contributed by atoms with Crippen molar-refractivity contribution in [2.24, 2.45) is 0 Å². The fourth-order valence-electron chi connectivity index (χ4n) is 2.32. The van der Waals surface area contributed by atoms with Crippen LogP contribution in [0, 0.1) is 0 Å². The summed E-state index contributed by atoms with van der Waals surface area (Å²) in [6.07, 6.45) is 0.919. The summed E-state index contributed by atoms with van der Waals surface area (Å²) in [5.41, 5.74) is 1.07. The number of benzene rings is 1. The lowest BCUT2D eigenvalue weighted by atomic mass is 9.92. The fraction of sp³-hybridized carbons (Fsp3) is 0.533. The third kappa shape index (κ3) is 3.42. The van der Waals surface area contributed by atoms with Crippen molar-refractivity contribution in [3.05, 3.63) is 23.3 Å². The lowest BCUT2D eigenvalue weighted by molar-refractivity contribution is 0.0692. The van der Waals surface area contributed by atoms with Gasteiger partial charge >= 0.3 is 5.97 Å². The van der Waals surface area contributed by atoms with E-state index in [2.05, 4.69) is 19.2 Å². The number of hydrogen-bond donors (Lipinski definition) is 2. The Balaban J connectivity index is 3.24. The predicted molar refractivity (Wildman–Crippen MR) is 78.1 cm³/mol. The summed E-state index contributed by atoms with van der Waals surface area (Å²) in [5.74, 6) is -0.0169. The molecule has 0 aliphatic carbocycles. The van der Waals surface area contributed by atoms with Gasteiger partial charge in [-0.3, -0.25) is 0 Å². The molecule has 5 nitrogen and oxygen atoms in total. The molecule has 0 heterocycles. The van der Waals surface area contributed by atoms with Gasteiger partial charge in [0.1, 0.15) is 5.56 Å². The highest BCUT2D eigenvalue weighted by molar-refractivity contribution is 5.92. The molecule has 0 amide bonds. The van der Waals surface area contributed by atoms with Crippen LogP contribution >= 0.6 is 0 Å². The number of aromatic carboxylic acids is 1. The average molecular weight is 281 g/mol. The second kappa shape index (κ2) is 7.14. The zero-order valence-corrected chi connectivity index (χ0v) is 12.7. The molecule has 0 spiro atoms. The first-order valence-corrected chi connectivity index (χ1v) is 6.61. The van der Waals surface area contributed by atoms with Crippen LogP contribution in [0.1, 0.15) is 42.1 Å². The molecule has 20 heavy (non-hydrogen) atoms. The number of carboxylic acids is 1. The van der Waals surface area contributed by atoms with E-state index in [1.165, 1.54) is 14.2 Å². The normalized spacial score (nSPS) is 13.7. The molecule has 0 aliphatic rings. The molecular weight excluding hydrogens is 258 g/mol. The smallest absolute Gasteiger partial charge is 0.339 e. The van der Waals surface area contributed by atoms with Gasteiger partial charge in [0, 0.05) is 11.6 Å². The molecule has 0 saturated heterocycles. The molecule has 2 atom stereocenters. The molecule has 0 fully saturated rings. The molecular formula is C15H23NO4. The van der Waals surface area contributed by atoms with Gasteiger partial charge in [0.25, 0.3) is 0 Å². The Hall–Kier alpha value is -1.75. The van der Waals surface area contributed by atoms with Gasteiger partial charge in [0.2, 0.25) is 0 Å². The topological polar surface area (TPSA) is 67.8 Å². The Bertz CT molecular complexity index is 473. The molecule has 1 aromatic carbocycles. The van der Waals surface area contributed by atoms with Crippen LogP contribution in [-0.4, -0.2) is 38.4 Å². The van der Waals surface area contributed by atoms with Crippen LogP contribution in [0.25, 0.3) is 0 Å². The number of nitrogens with one attached hydrogen (secondary N) is 1. The summed E-state index contributed by atoms with van der Waals surface area (Å²) in [4.78, 5) is 11.2. The van der Waals surface area contributed by atoms with E-state index in [0.29, 0.717) is 11.8 Å². The number of methoxy groups -OCH3 is 2. The predicted octanol–water partition coefficient (Wildman–Crippen LogP) is 2.50. The Morgan fingerprint density at radius 2 is 1.85 bits per heavy atom. The van der Waals surface area contributed by atoms with E-state index in [9.17, 15) is 9.90 Å². The highest BCUT2D eigenvalue weighted by Crippen LogP contribution is 2.39. The Labute approximate surface area is 119 Å². The van der Waals surface area contributed by atoms with Gasteiger partial charge in [-0.05, 0) is 32.4 Å². The molecule has 0 saturated carbocycles. The van der Waals surface area contributed by atoms with Crippen LogP contribution in [0.15, 0.2) is 12.1 Å². The lowest BCUT2D eigenvalue weighted by Gasteiger charge is -2.21. The average Bonchev–Trinajstić information content (AvgIpc) is 2.44. The minimum atomic E-state index is -1.03. The van der Waals surface area contributed by atoms with E-state index in [0.717, 1.165) is 12.0 Å². The maximum Gasteiger partial charge on any atom is 0.339 e. The third-order valence-electron chi connectivity index (χ3n) is 3.51. The highest BCUT2D eigenvalue weighted by atomic mass is 16.5. The molecule has 0 aliphatic heterocycles. The van der Waals surface area contributed by atoms with Crippen molar-refractivity contribution in [2.75, 3.05) is 21.3 Å². The fourth-order valence-corrected chi connectivity index (χ4v) is 2.32. The van der Waals surface area contributed by atoms with Gasteiger partial charge < -0.3 is 19.9 Å². The van der Waals surface area contributed by atoms with Crippen LogP contribution in [0.3, 0.4) is 0 Å². The van der Waals surface area contributed by atoms with E-state index in [1.54, 1.807) is 12.1 Å². The number of ether oxygens (including phenoxy) is 2. The lowest BCUT2D eigenvalue weighted by Crippen LogP contribution is -2.23. The molecule has 0 radical (unpaired) electrons. The summed E-state index contributed by atoms with van der Waals surface area (Å²) in [6.45, 7) is 4.19. The van der Waals surface area contributed by atoms with Crippen molar-refractivity contribution in [3.63, 3.8) is 0 Å². The van der Waals surface area contributed by atoms with Crippen molar-refractivity contribution >= 4 is 5.97 Å². The van der Waals surface area contributed by atoms with Crippen LogP contribution in [0.2, 0.25) is 0 Å². The summed E-state index contributed by atoms with van der Waals surface area (Å²) >= 11 is 0. The largest absolute Gasteiger partial charge is 0.493 e. The van der Waals surface area contributed by atoms with Gasteiger partial charge in [-0.25, -0.2) is 4.79 Å². The Morgan fingerprint density at radius 3 is 2.30 bits per heavy atom. The number of rotatable bonds is 7.